The molecule has 2 aliphatic heterocycles. The summed E-state index contributed by atoms with van der Waals surface area (Å²) in [5.41, 5.74) is 1.52. The van der Waals surface area contributed by atoms with Gasteiger partial charge < -0.3 is 14.5 Å². The molecular weight excluding hydrogens is 486 g/mol. The van der Waals surface area contributed by atoms with Gasteiger partial charge in [0.25, 0.3) is 11.5 Å². The van der Waals surface area contributed by atoms with E-state index in [1.54, 1.807) is 35.1 Å². The Labute approximate surface area is 213 Å². The molecule has 4 heterocycles. The van der Waals surface area contributed by atoms with E-state index in [0.29, 0.717) is 65.6 Å². The molecule has 0 saturated carbocycles. The quantitative estimate of drug-likeness (QED) is 0.428. The summed E-state index contributed by atoms with van der Waals surface area (Å²) in [5, 5.41) is 0. The minimum Gasteiger partial charge on any atom is -0.450 e. The SMILES string of the molecule is CCCCN1C(=O)C(=Cc2c(N3CCN(C(=O)OCC)CC3)nc3c(C)cccn3c2=O)SC1=S. The molecule has 0 N–H and O–H groups in total. The third-order valence-corrected chi connectivity index (χ3v) is 7.43. The summed E-state index contributed by atoms with van der Waals surface area (Å²) in [6.07, 6.45) is 4.78. The van der Waals surface area contributed by atoms with Crippen LogP contribution in [0.15, 0.2) is 28.0 Å². The third-order valence-electron chi connectivity index (χ3n) is 6.05. The lowest BCUT2D eigenvalue weighted by molar-refractivity contribution is -0.122. The summed E-state index contributed by atoms with van der Waals surface area (Å²) in [7, 11) is 0. The Morgan fingerprint density at radius 1 is 1.23 bits per heavy atom. The third kappa shape index (κ3) is 5.06. The number of aromatic nitrogens is 2. The second-order valence-corrected chi connectivity index (χ2v) is 10.1. The maximum atomic E-state index is 13.6. The number of hydrogen-bond acceptors (Lipinski definition) is 8. The van der Waals surface area contributed by atoms with Gasteiger partial charge in [-0.25, -0.2) is 9.78 Å². The highest BCUT2D eigenvalue weighted by molar-refractivity contribution is 8.26. The van der Waals surface area contributed by atoms with Gasteiger partial charge in [0.2, 0.25) is 0 Å². The van der Waals surface area contributed by atoms with Crippen molar-refractivity contribution >= 4 is 57.8 Å². The molecular formula is C24H29N5O4S2. The smallest absolute Gasteiger partial charge is 0.409 e. The van der Waals surface area contributed by atoms with Crippen LogP contribution in [0.4, 0.5) is 10.6 Å². The highest BCUT2D eigenvalue weighted by Crippen LogP contribution is 2.34. The molecule has 2 fully saturated rings. The van der Waals surface area contributed by atoms with Crippen LogP contribution in [0, 0.1) is 6.92 Å². The molecule has 186 valence electrons. The van der Waals surface area contributed by atoms with Gasteiger partial charge in [-0.15, -0.1) is 0 Å². The largest absolute Gasteiger partial charge is 0.450 e. The Morgan fingerprint density at radius 3 is 2.66 bits per heavy atom. The first-order chi connectivity index (χ1) is 16.8. The van der Waals surface area contributed by atoms with Crippen LogP contribution in [0.5, 0.6) is 0 Å². The van der Waals surface area contributed by atoms with E-state index in [1.165, 1.54) is 16.2 Å². The summed E-state index contributed by atoms with van der Waals surface area (Å²) < 4.78 is 7.13. The topological polar surface area (TPSA) is 87.5 Å². The molecule has 2 aromatic heterocycles. The molecule has 2 aliphatic rings. The molecule has 0 bridgehead atoms. The van der Waals surface area contributed by atoms with Crippen molar-refractivity contribution in [1.29, 1.82) is 0 Å². The van der Waals surface area contributed by atoms with Crippen LogP contribution in [-0.4, -0.2) is 74.8 Å². The van der Waals surface area contributed by atoms with Crippen LogP contribution in [0.1, 0.15) is 37.8 Å². The van der Waals surface area contributed by atoms with Gasteiger partial charge >= 0.3 is 6.09 Å². The fourth-order valence-corrected chi connectivity index (χ4v) is 5.41. The van der Waals surface area contributed by atoms with Gasteiger partial charge in [0.1, 0.15) is 15.8 Å². The second kappa shape index (κ2) is 10.8. The lowest BCUT2D eigenvalue weighted by Gasteiger charge is -2.35. The van der Waals surface area contributed by atoms with Crippen LogP contribution >= 0.6 is 24.0 Å². The van der Waals surface area contributed by atoms with Crippen LogP contribution < -0.4 is 10.5 Å². The molecule has 0 aromatic carbocycles. The number of carbonyl (C=O) groups excluding carboxylic acids is 2. The Bertz CT molecular complexity index is 1250. The molecule has 2 saturated heterocycles. The molecule has 0 aliphatic carbocycles. The molecule has 4 rings (SSSR count). The van der Waals surface area contributed by atoms with E-state index in [0.717, 1.165) is 18.4 Å². The number of amides is 2. The van der Waals surface area contributed by atoms with Crippen LogP contribution in [0.25, 0.3) is 11.7 Å². The molecule has 35 heavy (non-hydrogen) atoms. The molecule has 2 aromatic rings. The summed E-state index contributed by atoms with van der Waals surface area (Å²) in [6, 6.07) is 3.71. The van der Waals surface area contributed by atoms with Gasteiger partial charge in [0.15, 0.2) is 0 Å². The number of nitrogens with zero attached hydrogens (tertiary/aromatic N) is 5. The predicted octanol–water partition coefficient (Wildman–Crippen LogP) is 3.28. The van der Waals surface area contributed by atoms with E-state index in [2.05, 4.69) is 6.92 Å². The first kappa shape index (κ1) is 25.2. The monoisotopic (exact) mass is 515 g/mol. The number of hydrogen-bond donors (Lipinski definition) is 0. The number of aryl methyl sites for hydroxylation is 1. The number of pyridine rings is 1. The summed E-state index contributed by atoms with van der Waals surface area (Å²) in [4.78, 5) is 49.4. The average molecular weight is 516 g/mol. The molecule has 0 radical (unpaired) electrons. The van der Waals surface area contributed by atoms with Gasteiger partial charge in [-0.1, -0.05) is 43.4 Å². The van der Waals surface area contributed by atoms with Crippen LogP contribution in [0.2, 0.25) is 0 Å². The lowest BCUT2D eigenvalue weighted by atomic mass is 10.2. The fourth-order valence-electron chi connectivity index (χ4n) is 4.12. The number of thioether (sulfide) groups is 1. The van der Waals surface area contributed by atoms with Crippen molar-refractivity contribution < 1.29 is 14.3 Å². The number of carbonyl (C=O) groups is 2. The normalized spacial score (nSPS) is 17.7. The van der Waals surface area contributed by atoms with Crippen molar-refractivity contribution in [2.75, 3.05) is 44.2 Å². The van der Waals surface area contributed by atoms with Crippen molar-refractivity contribution in [3.05, 3.63) is 44.7 Å². The highest BCUT2D eigenvalue weighted by Gasteiger charge is 2.33. The van der Waals surface area contributed by atoms with Gasteiger partial charge in [-0.05, 0) is 38.0 Å². The van der Waals surface area contributed by atoms with Gasteiger partial charge in [0, 0.05) is 38.9 Å². The van der Waals surface area contributed by atoms with Crippen molar-refractivity contribution in [2.24, 2.45) is 0 Å². The number of unbranched alkanes of at least 4 members (excludes halogenated alkanes) is 1. The maximum Gasteiger partial charge on any atom is 0.409 e. The summed E-state index contributed by atoms with van der Waals surface area (Å²) in [5.74, 6) is 0.326. The van der Waals surface area contributed by atoms with Gasteiger partial charge in [0.05, 0.1) is 17.1 Å². The molecule has 11 heteroatoms. The maximum absolute atomic E-state index is 13.6. The highest BCUT2D eigenvalue weighted by atomic mass is 32.2. The predicted molar refractivity (Wildman–Crippen MR) is 142 cm³/mol. The van der Waals surface area contributed by atoms with E-state index in [4.69, 9.17) is 21.9 Å². The standard InChI is InChI=1S/C24H29N5O4S2/c1-4-6-9-29-22(31)18(35-24(29)34)15-17-20(25-19-16(3)8-7-10-28(19)21(17)30)26-11-13-27(14-12-26)23(32)33-5-2/h7-8,10,15H,4-6,9,11-14H2,1-3H3. The number of fused-ring (bicyclic) bond motifs is 1. The van der Waals surface area contributed by atoms with Gasteiger partial charge in [-0.3, -0.25) is 18.9 Å². The summed E-state index contributed by atoms with van der Waals surface area (Å²) >= 11 is 6.65. The minimum atomic E-state index is -0.342. The van der Waals surface area contributed by atoms with Crippen molar-refractivity contribution in [3.63, 3.8) is 0 Å². The Balaban J connectivity index is 1.74. The molecule has 0 spiro atoms. The lowest BCUT2D eigenvalue weighted by Crippen LogP contribution is -2.49. The minimum absolute atomic E-state index is 0.180. The molecule has 9 nitrogen and oxygen atoms in total. The molecule has 0 atom stereocenters. The zero-order chi connectivity index (χ0) is 25.1. The van der Waals surface area contributed by atoms with Crippen LogP contribution in [0.3, 0.4) is 0 Å². The Kier molecular flexibility index (Phi) is 7.75. The first-order valence-electron chi connectivity index (χ1n) is 11.8. The van der Waals surface area contributed by atoms with Crippen molar-refractivity contribution in [2.45, 2.75) is 33.6 Å². The van der Waals surface area contributed by atoms with E-state index in [1.807, 2.05) is 17.9 Å². The molecule has 2 amide bonds. The summed E-state index contributed by atoms with van der Waals surface area (Å²) in [6.45, 7) is 8.51. The number of thiocarbonyl (C=S) groups is 1. The number of anilines is 1. The van der Waals surface area contributed by atoms with Gasteiger partial charge in [-0.2, -0.15) is 0 Å². The number of rotatable bonds is 6. The van der Waals surface area contributed by atoms with Crippen LogP contribution in [-0.2, 0) is 9.53 Å². The second-order valence-electron chi connectivity index (χ2n) is 8.40. The fraction of sp³-hybridized carbons (Fsp3) is 0.458. The zero-order valence-corrected chi connectivity index (χ0v) is 21.8. The van der Waals surface area contributed by atoms with E-state index in [9.17, 15) is 14.4 Å². The Morgan fingerprint density at radius 2 is 1.97 bits per heavy atom. The zero-order valence-electron chi connectivity index (χ0n) is 20.2. The Hall–Kier alpha value is -2.92. The van der Waals surface area contributed by atoms with E-state index < -0.39 is 0 Å². The number of ether oxygens (including phenoxy) is 1. The first-order valence-corrected chi connectivity index (χ1v) is 13.0. The van der Waals surface area contributed by atoms with Crippen molar-refractivity contribution in [1.82, 2.24) is 19.2 Å². The molecule has 0 unspecified atom stereocenters. The van der Waals surface area contributed by atoms with Crippen molar-refractivity contribution in [3.8, 4) is 0 Å². The average Bonchev–Trinajstić information content (AvgIpc) is 3.12. The van der Waals surface area contributed by atoms with E-state index in [-0.39, 0.29) is 17.6 Å². The van der Waals surface area contributed by atoms with E-state index >= 15 is 0 Å². The number of piperazine rings is 1.